The number of nitro groups is 1. The van der Waals surface area contributed by atoms with Crippen molar-refractivity contribution in [2.45, 2.75) is 32.4 Å². The number of fused-ring (bicyclic) bond motifs is 1. The van der Waals surface area contributed by atoms with Gasteiger partial charge in [-0.1, -0.05) is 6.42 Å². The molecule has 6 nitrogen and oxygen atoms in total. The van der Waals surface area contributed by atoms with E-state index in [1.807, 2.05) is 6.07 Å². The molecule has 3 rings (SSSR count). The fraction of sp³-hybridized carbons (Fsp3) is 0.529. The van der Waals surface area contributed by atoms with Crippen LogP contribution in [0.25, 0.3) is 10.9 Å². The number of nitrogens with zero attached hydrogens (tertiary/aromatic N) is 3. The molecule has 2 heterocycles. The average molecular weight is 317 g/mol. The Kier molecular flexibility index (Phi) is 4.93. The van der Waals surface area contributed by atoms with Gasteiger partial charge >= 0.3 is 0 Å². The smallest absolute Gasteiger partial charge is 0.271 e. The normalized spacial score (nSPS) is 16.0. The minimum Gasteiger partial charge on any atom is -0.383 e. The molecule has 0 N–H and O–H groups in total. The van der Waals surface area contributed by atoms with Crippen LogP contribution in [0.3, 0.4) is 0 Å². The molecule has 0 aliphatic carbocycles. The van der Waals surface area contributed by atoms with Gasteiger partial charge in [-0.15, -0.1) is 0 Å². The quantitative estimate of drug-likeness (QED) is 0.606. The van der Waals surface area contributed by atoms with Gasteiger partial charge in [0.1, 0.15) is 0 Å². The first-order chi connectivity index (χ1) is 11.2. The molecule has 1 aromatic carbocycles. The Hall–Kier alpha value is -1.92. The van der Waals surface area contributed by atoms with Crippen molar-refractivity contribution in [2.24, 2.45) is 0 Å². The van der Waals surface area contributed by atoms with Gasteiger partial charge in [-0.3, -0.25) is 15.0 Å². The van der Waals surface area contributed by atoms with Gasteiger partial charge in [0.05, 0.1) is 17.0 Å². The van der Waals surface area contributed by atoms with E-state index in [0.717, 1.165) is 30.5 Å². The molecule has 0 amide bonds. The predicted molar refractivity (Wildman–Crippen MR) is 89.6 cm³/mol. The van der Waals surface area contributed by atoms with Crippen LogP contribution in [-0.4, -0.2) is 41.2 Å². The van der Waals surface area contributed by atoms with E-state index in [4.69, 9.17) is 4.74 Å². The number of rotatable bonds is 6. The number of non-ortho nitro benzene ring substituents is 1. The molecule has 1 fully saturated rings. The highest BCUT2D eigenvalue weighted by molar-refractivity contribution is 5.86. The van der Waals surface area contributed by atoms with E-state index in [9.17, 15) is 10.1 Å². The lowest BCUT2D eigenvalue weighted by molar-refractivity contribution is -0.384. The van der Waals surface area contributed by atoms with E-state index in [1.54, 1.807) is 19.2 Å². The second-order valence-electron chi connectivity index (χ2n) is 6.14. The van der Waals surface area contributed by atoms with E-state index in [0.29, 0.717) is 13.2 Å². The summed E-state index contributed by atoms with van der Waals surface area (Å²) in [4.78, 5) is 13.2. The number of ether oxygens (including phenoxy) is 1. The molecule has 0 saturated carbocycles. The van der Waals surface area contributed by atoms with Crippen LogP contribution in [0.1, 0.15) is 24.8 Å². The van der Waals surface area contributed by atoms with Crippen LogP contribution < -0.4 is 0 Å². The molecule has 23 heavy (non-hydrogen) atoms. The van der Waals surface area contributed by atoms with Crippen LogP contribution in [0.5, 0.6) is 0 Å². The highest BCUT2D eigenvalue weighted by atomic mass is 16.6. The molecule has 1 saturated heterocycles. The van der Waals surface area contributed by atoms with Gasteiger partial charge in [0, 0.05) is 43.9 Å². The first-order valence-corrected chi connectivity index (χ1v) is 8.16. The number of likely N-dealkylation sites (tertiary alicyclic amines) is 1. The van der Waals surface area contributed by atoms with E-state index in [-0.39, 0.29) is 10.6 Å². The molecule has 124 valence electrons. The molecule has 0 radical (unpaired) electrons. The molecule has 1 aromatic heterocycles. The first-order valence-electron chi connectivity index (χ1n) is 8.16. The van der Waals surface area contributed by atoms with Crippen molar-refractivity contribution in [1.29, 1.82) is 0 Å². The second-order valence-corrected chi connectivity index (χ2v) is 6.14. The summed E-state index contributed by atoms with van der Waals surface area (Å²) in [5, 5.41) is 12.2. The van der Waals surface area contributed by atoms with Crippen LogP contribution in [0.4, 0.5) is 5.69 Å². The van der Waals surface area contributed by atoms with Crippen LogP contribution in [0.2, 0.25) is 0 Å². The van der Waals surface area contributed by atoms with Gasteiger partial charge in [0.15, 0.2) is 0 Å². The maximum Gasteiger partial charge on any atom is 0.271 e. The molecule has 1 aliphatic heterocycles. The van der Waals surface area contributed by atoms with Crippen LogP contribution >= 0.6 is 0 Å². The van der Waals surface area contributed by atoms with Gasteiger partial charge in [0.2, 0.25) is 0 Å². The number of piperidine rings is 1. The Balaban J connectivity index is 1.94. The summed E-state index contributed by atoms with van der Waals surface area (Å²) in [6.45, 7) is 4.48. The Morgan fingerprint density at radius 2 is 2.04 bits per heavy atom. The van der Waals surface area contributed by atoms with Gasteiger partial charge in [0.25, 0.3) is 5.69 Å². The van der Waals surface area contributed by atoms with E-state index in [1.165, 1.54) is 24.8 Å². The summed E-state index contributed by atoms with van der Waals surface area (Å²) in [6.07, 6.45) is 5.96. The zero-order chi connectivity index (χ0) is 16.2. The number of methoxy groups -OCH3 is 1. The van der Waals surface area contributed by atoms with Crippen LogP contribution in [-0.2, 0) is 17.8 Å². The molecule has 0 spiro atoms. The lowest BCUT2D eigenvalue weighted by atomic mass is 10.1. The fourth-order valence-corrected chi connectivity index (χ4v) is 3.33. The summed E-state index contributed by atoms with van der Waals surface area (Å²) in [7, 11) is 1.67. The Morgan fingerprint density at radius 1 is 1.26 bits per heavy atom. The fourth-order valence-electron chi connectivity index (χ4n) is 3.33. The van der Waals surface area contributed by atoms with Crippen molar-refractivity contribution < 1.29 is 9.66 Å². The standard InChI is InChI=1S/C17H23N3O3/c1-23-10-9-19-13-14(12-18-7-3-2-4-8-18)16-6-5-15(20(21)22)11-17(16)19/h5-6,11,13H,2-4,7-10,12H2,1H3. The van der Waals surface area contributed by atoms with Crippen molar-refractivity contribution in [1.82, 2.24) is 9.47 Å². The van der Waals surface area contributed by atoms with E-state index >= 15 is 0 Å². The van der Waals surface area contributed by atoms with Gasteiger partial charge in [-0.05, 0) is 37.6 Å². The summed E-state index contributed by atoms with van der Waals surface area (Å²) < 4.78 is 7.24. The number of nitro benzene ring substituents is 1. The van der Waals surface area contributed by atoms with Crippen LogP contribution in [0.15, 0.2) is 24.4 Å². The summed E-state index contributed by atoms with van der Waals surface area (Å²) >= 11 is 0. The van der Waals surface area contributed by atoms with Crippen molar-refractivity contribution in [3.05, 3.63) is 40.1 Å². The lowest BCUT2D eigenvalue weighted by Crippen LogP contribution is -2.28. The Morgan fingerprint density at radius 3 is 2.74 bits per heavy atom. The molecular formula is C17H23N3O3. The number of benzene rings is 1. The van der Waals surface area contributed by atoms with Crippen molar-refractivity contribution in [3.8, 4) is 0 Å². The third-order valence-electron chi connectivity index (χ3n) is 4.54. The predicted octanol–water partition coefficient (Wildman–Crippen LogP) is 3.18. The first kappa shape index (κ1) is 16.0. The van der Waals surface area contributed by atoms with E-state index < -0.39 is 0 Å². The SMILES string of the molecule is COCCn1cc(CN2CCCCC2)c2ccc([N+](=O)[O-])cc21. The Bertz CT molecular complexity index is 690. The monoisotopic (exact) mass is 317 g/mol. The zero-order valence-electron chi connectivity index (χ0n) is 13.5. The topological polar surface area (TPSA) is 60.5 Å². The minimum absolute atomic E-state index is 0.138. The maximum absolute atomic E-state index is 11.1. The van der Waals surface area contributed by atoms with Gasteiger partial charge in [-0.25, -0.2) is 0 Å². The van der Waals surface area contributed by atoms with E-state index in [2.05, 4.69) is 15.7 Å². The summed E-state index contributed by atoms with van der Waals surface area (Å²) in [5.74, 6) is 0. The maximum atomic E-state index is 11.1. The zero-order valence-corrected chi connectivity index (χ0v) is 13.5. The average Bonchev–Trinajstić information content (AvgIpc) is 2.91. The van der Waals surface area contributed by atoms with Crippen molar-refractivity contribution in [3.63, 3.8) is 0 Å². The summed E-state index contributed by atoms with van der Waals surface area (Å²) in [5.41, 5.74) is 2.30. The minimum atomic E-state index is -0.336. The molecule has 2 aromatic rings. The second kappa shape index (κ2) is 7.10. The molecule has 0 unspecified atom stereocenters. The van der Waals surface area contributed by atoms with Gasteiger partial charge < -0.3 is 9.30 Å². The third-order valence-corrected chi connectivity index (χ3v) is 4.54. The summed E-state index contributed by atoms with van der Waals surface area (Å²) in [6, 6.07) is 5.16. The molecule has 6 heteroatoms. The third kappa shape index (κ3) is 3.54. The lowest BCUT2D eigenvalue weighted by Gasteiger charge is -2.26. The number of hydrogen-bond acceptors (Lipinski definition) is 4. The number of aromatic nitrogens is 1. The highest BCUT2D eigenvalue weighted by Crippen LogP contribution is 2.27. The largest absolute Gasteiger partial charge is 0.383 e. The Labute approximate surface area is 135 Å². The van der Waals surface area contributed by atoms with Gasteiger partial charge in [-0.2, -0.15) is 0 Å². The molecule has 0 bridgehead atoms. The molecule has 0 atom stereocenters. The van der Waals surface area contributed by atoms with Crippen molar-refractivity contribution in [2.75, 3.05) is 26.8 Å². The highest BCUT2D eigenvalue weighted by Gasteiger charge is 2.17. The van der Waals surface area contributed by atoms with Crippen molar-refractivity contribution >= 4 is 16.6 Å². The molecule has 1 aliphatic rings. The molecular weight excluding hydrogens is 294 g/mol. The van der Waals surface area contributed by atoms with Crippen LogP contribution in [0, 0.1) is 10.1 Å². The number of hydrogen-bond donors (Lipinski definition) is 0.